The molecule has 5 aromatic rings. The van der Waals surface area contributed by atoms with Gasteiger partial charge in [0, 0.05) is 36.2 Å². The van der Waals surface area contributed by atoms with Crippen molar-refractivity contribution in [3.05, 3.63) is 143 Å². The number of carbonyl (C=O) groups excluding carboxylic acids is 1. The lowest BCUT2D eigenvalue weighted by atomic mass is 9.80. The molecule has 5 rings (SSSR count). The summed E-state index contributed by atoms with van der Waals surface area (Å²) in [5, 5.41) is 11.8. The van der Waals surface area contributed by atoms with Crippen molar-refractivity contribution in [2.75, 3.05) is 0 Å². The number of hydroxylamine groups is 1. The zero-order chi connectivity index (χ0) is 33.1. The molecule has 0 spiro atoms. The molecule has 0 fully saturated rings. The van der Waals surface area contributed by atoms with Crippen LogP contribution in [0.1, 0.15) is 75.1 Å². The second kappa shape index (κ2) is 15.8. The Morgan fingerprint density at radius 3 is 1.91 bits per heavy atom. The summed E-state index contributed by atoms with van der Waals surface area (Å²) in [6.45, 7) is 7.33. The van der Waals surface area contributed by atoms with Crippen molar-refractivity contribution < 1.29 is 14.0 Å². The van der Waals surface area contributed by atoms with Gasteiger partial charge in [0.1, 0.15) is 11.5 Å². The van der Waals surface area contributed by atoms with Crippen molar-refractivity contribution in [2.45, 2.75) is 77.1 Å². The number of nitrogens with zero attached hydrogens (tertiary/aromatic N) is 3. The zero-order valence-electron chi connectivity index (χ0n) is 27.5. The minimum atomic E-state index is -1.01. The smallest absolute Gasteiger partial charge is 0.243 e. The van der Waals surface area contributed by atoms with Gasteiger partial charge in [0.25, 0.3) is 0 Å². The van der Waals surface area contributed by atoms with Crippen LogP contribution in [0.5, 0.6) is 0 Å². The minimum Gasteiger partial charge on any atom is -0.308 e. The maximum atomic E-state index is 14.7. The summed E-state index contributed by atoms with van der Waals surface area (Å²) >= 11 is 0. The van der Waals surface area contributed by atoms with Crippen LogP contribution in [0.4, 0.5) is 4.39 Å². The molecular weight excluding hydrogens is 589 g/mol. The summed E-state index contributed by atoms with van der Waals surface area (Å²) in [6, 6.07) is 35.1. The van der Waals surface area contributed by atoms with Crippen LogP contribution in [0.2, 0.25) is 0 Å². The van der Waals surface area contributed by atoms with Gasteiger partial charge >= 0.3 is 0 Å². The van der Waals surface area contributed by atoms with Crippen LogP contribution >= 0.6 is 0 Å². The summed E-state index contributed by atoms with van der Waals surface area (Å²) in [4.78, 5) is 19.4. The highest BCUT2D eigenvalue weighted by molar-refractivity contribution is 5.74. The number of carbonyl (C=O) groups is 1. The first-order valence-corrected chi connectivity index (χ1v) is 16.3. The number of hydrogen-bond acceptors (Lipinski definition) is 5. The Balaban J connectivity index is 1.10. The predicted molar refractivity (Wildman–Crippen MR) is 184 cm³/mol. The van der Waals surface area contributed by atoms with Crippen molar-refractivity contribution in [1.82, 2.24) is 25.8 Å². The van der Waals surface area contributed by atoms with Crippen LogP contribution in [0.3, 0.4) is 0 Å². The quantitative estimate of drug-likeness (QED) is 0.0695. The third kappa shape index (κ3) is 8.99. The molecule has 8 heteroatoms. The zero-order valence-corrected chi connectivity index (χ0v) is 27.5. The van der Waals surface area contributed by atoms with Crippen LogP contribution in [-0.4, -0.2) is 26.4 Å². The molecule has 0 aliphatic carbocycles. The summed E-state index contributed by atoms with van der Waals surface area (Å²) in [5.41, 5.74) is 6.43. The SMILES string of the molecule is CC(C)(C)NCc1ccc(-c2cn(CCCCCCC(=O)NOC(c3ccccc3)(c3ccccc3)c3ccccc3)nn2)cc1F. The predicted octanol–water partition coefficient (Wildman–Crippen LogP) is 7.96. The van der Waals surface area contributed by atoms with Crippen LogP contribution in [0.25, 0.3) is 11.3 Å². The topological polar surface area (TPSA) is 81.1 Å². The molecule has 0 aliphatic heterocycles. The van der Waals surface area contributed by atoms with Crippen LogP contribution in [0.15, 0.2) is 115 Å². The molecule has 1 heterocycles. The van der Waals surface area contributed by atoms with Crippen molar-refractivity contribution in [3.63, 3.8) is 0 Å². The Morgan fingerprint density at radius 2 is 1.36 bits per heavy atom. The average molecular weight is 634 g/mol. The van der Waals surface area contributed by atoms with E-state index in [1.54, 1.807) is 10.7 Å². The number of unbranched alkanes of at least 4 members (excludes halogenated alkanes) is 3. The van der Waals surface area contributed by atoms with Crippen molar-refractivity contribution in [3.8, 4) is 11.3 Å². The molecule has 244 valence electrons. The number of halogens is 1. The highest BCUT2D eigenvalue weighted by Gasteiger charge is 2.39. The van der Waals surface area contributed by atoms with Gasteiger partial charge in [-0.15, -0.1) is 5.10 Å². The molecule has 0 aliphatic rings. The Bertz CT molecular complexity index is 1610. The monoisotopic (exact) mass is 633 g/mol. The third-order valence-corrected chi connectivity index (χ3v) is 8.10. The number of aryl methyl sites for hydroxylation is 1. The molecule has 0 radical (unpaired) electrons. The number of nitrogens with one attached hydrogen (secondary N) is 2. The second-order valence-corrected chi connectivity index (χ2v) is 12.8. The van der Waals surface area contributed by atoms with Crippen LogP contribution in [0, 0.1) is 5.82 Å². The van der Waals surface area contributed by atoms with Gasteiger partial charge in [-0.1, -0.05) is 121 Å². The van der Waals surface area contributed by atoms with E-state index in [1.165, 1.54) is 6.07 Å². The molecule has 1 amide bonds. The van der Waals surface area contributed by atoms with Gasteiger partial charge in [0.15, 0.2) is 5.60 Å². The number of hydrogen-bond donors (Lipinski definition) is 2. The summed E-state index contributed by atoms with van der Waals surface area (Å²) < 4.78 is 16.5. The normalized spacial score (nSPS) is 11.8. The fraction of sp³-hybridized carbons (Fsp3) is 0.308. The van der Waals surface area contributed by atoms with E-state index < -0.39 is 5.60 Å². The first-order valence-electron chi connectivity index (χ1n) is 16.3. The lowest BCUT2D eigenvalue weighted by Crippen LogP contribution is -2.40. The van der Waals surface area contributed by atoms with Gasteiger partial charge in [0.05, 0.1) is 6.20 Å². The van der Waals surface area contributed by atoms with Crippen LogP contribution in [-0.2, 0) is 28.3 Å². The molecular formula is C39H44FN5O2. The highest BCUT2D eigenvalue weighted by atomic mass is 19.1. The van der Waals surface area contributed by atoms with E-state index in [2.05, 4.69) is 41.9 Å². The summed E-state index contributed by atoms with van der Waals surface area (Å²) in [5.74, 6) is -0.417. The van der Waals surface area contributed by atoms with E-state index in [4.69, 9.17) is 4.84 Å². The Labute approximate surface area is 277 Å². The summed E-state index contributed by atoms with van der Waals surface area (Å²) in [7, 11) is 0. The number of amides is 1. The first-order chi connectivity index (χ1) is 22.7. The van der Waals surface area contributed by atoms with Gasteiger partial charge in [-0.3, -0.25) is 14.3 Å². The van der Waals surface area contributed by atoms with E-state index >= 15 is 0 Å². The largest absolute Gasteiger partial charge is 0.308 e. The van der Waals surface area contributed by atoms with Gasteiger partial charge in [-0.05, 0) is 56.4 Å². The van der Waals surface area contributed by atoms with Crippen molar-refractivity contribution >= 4 is 5.91 Å². The van der Waals surface area contributed by atoms with Gasteiger partial charge in [0.2, 0.25) is 5.91 Å². The lowest BCUT2D eigenvalue weighted by Gasteiger charge is -2.35. The Kier molecular flexibility index (Phi) is 11.3. The van der Waals surface area contributed by atoms with Gasteiger partial charge in [-0.25, -0.2) is 9.87 Å². The molecule has 1 aromatic heterocycles. The molecule has 7 nitrogen and oxygen atoms in total. The Hall–Kier alpha value is -4.66. The number of benzene rings is 4. The van der Waals surface area contributed by atoms with E-state index in [0.29, 0.717) is 36.3 Å². The van der Waals surface area contributed by atoms with E-state index in [9.17, 15) is 9.18 Å². The first kappa shape index (κ1) is 33.7. The molecule has 4 aromatic carbocycles. The molecule has 0 saturated heterocycles. The van der Waals surface area contributed by atoms with Gasteiger partial charge in [-0.2, -0.15) is 0 Å². The third-order valence-electron chi connectivity index (χ3n) is 8.10. The molecule has 2 N–H and O–H groups in total. The molecule has 0 unspecified atom stereocenters. The molecule has 0 bridgehead atoms. The fourth-order valence-electron chi connectivity index (χ4n) is 5.54. The lowest BCUT2D eigenvalue weighted by molar-refractivity contribution is -0.143. The van der Waals surface area contributed by atoms with E-state index in [0.717, 1.165) is 42.4 Å². The Morgan fingerprint density at radius 1 is 0.787 bits per heavy atom. The second-order valence-electron chi connectivity index (χ2n) is 12.8. The maximum absolute atomic E-state index is 14.7. The standard InChI is InChI=1S/C39H44FN5O2/c1-38(2,3)41-28-31-25-24-30(27-35(31)40)36-29-45(44-42-36)26-16-5-4-15-23-37(46)43-47-39(32-17-9-6-10-18-32,33-19-11-7-12-20-33)34-21-13-8-14-22-34/h6-14,17-22,24-25,27,29,41H,4-5,15-16,23,26,28H2,1-3H3,(H,43,46). The maximum Gasteiger partial charge on any atom is 0.243 e. The summed E-state index contributed by atoms with van der Waals surface area (Å²) in [6.07, 6.45) is 5.68. The van der Waals surface area contributed by atoms with Gasteiger partial charge < -0.3 is 5.32 Å². The van der Waals surface area contributed by atoms with E-state index in [-0.39, 0.29) is 17.3 Å². The van der Waals surface area contributed by atoms with E-state index in [1.807, 2.05) is 103 Å². The van der Waals surface area contributed by atoms with Crippen molar-refractivity contribution in [2.24, 2.45) is 0 Å². The molecule has 0 saturated carbocycles. The molecule has 0 atom stereocenters. The van der Waals surface area contributed by atoms with Crippen LogP contribution < -0.4 is 10.8 Å². The minimum absolute atomic E-state index is 0.0880. The highest BCUT2D eigenvalue weighted by Crippen LogP contribution is 2.39. The number of aromatic nitrogens is 3. The fourth-order valence-corrected chi connectivity index (χ4v) is 5.54. The number of rotatable bonds is 15. The van der Waals surface area contributed by atoms with Crippen molar-refractivity contribution in [1.29, 1.82) is 0 Å². The average Bonchev–Trinajstić information content (AvgIpc) is 3.56. The molecule has 47 heavy (non-hydrogen) atoms.